The average Bonchev–Trinajstić information content (AvgIpc) is 3.42. The number of amides is 1. The molecule has 0 fully saturated rings. The zero-order chi connectivity index (χ0) is 54.4. The van der Waals surface area contributed by atoms with Gasteiger partial charge >= 0.3 is 0 Å². The molecule has 0 aromatic carbocycles. The van der Waals surface area contributed by atoms with Crippen molar-refractivity contribution in [3.63, 3.8) is 0 Å². The standard InChI is InChI=1S/C69H139NO5/c1-3-5-7-9-11-13-15-17-19-21-23-25-27-29-31-32-33-34-35-37-38-40-42-44-46-48-50-52-54-56-58-60-62-66(72)68(74)65(64-71)70-69(75)67(73)63-61-59-57-55-53-51-49-47-45-43-41-39-36-30-28-26-24-22-20-18-16-14-12-10-8-6-4-2/h65-68,71-74H,3-64H2,1-2H3,(H,70,75). The quantitative estimate of drug-likeness (QED) is 0.0390. The summed E-state index contributed by atoms with van der Waals surface area (Å²) in [6.07, 6.45) is 78.0. The molecule has 0 saturated carbocycles. The van der Waals surface area contributed by atoms with Crippen molar-refractivity contribution in [3.8, 4) is 0 Å². The molecule has 0 aromatic rings. The van der Waals surface area contributed by atoms with Crippen LogP contribution in [0.25, 0.3) is 0 Å². The first-order valence-electron chi connectivity index (χ1n) is 34.9. The van der Waals surface area contributed by atoms with Crippen LogP contribution in [0.15, 0.2) is 0 Å². The Morgan fingerprint density at radius 3 is 0.640 bits per heavy atom. The Morgan fingerprint density at radius 1 is 0.280 bits per heavy atom. The van der Waals surface area contributed by atoms with Crippen LogP contribution >= 0.6 is 0 Å². The summed E-state index contributed by atoms with van der Waals surface area (Å²) < 4.78 is 0. The lowest BCUT2D eigenvalue weighted by Crippen LogP contribution is -2.53. The molecule has 1 amide bonds. The van der Waals surface area contributed by atoms with Crippen LogP contribution < -0.4 is 5.32 Å². The fraction of sp³-hybridized carbons (Fsp3) is 0.986. The summed E-state index contributed by atoms with van der Waals surface area (Å²) in [5, 5.41) is 44.3. The molecule has 4 atom stereocenters. The van der Waals surface area contributed by atoms with Gasteiger partial charge in [-0.15, -0.1) is 0 Å². The molecule has 75 heavy (non-hydrogen) atoms. The monoisotopic (exact) mass is 1060 g/mol. The van der Waals surface area contributed by atoms with Crippen molar-refractivity contribution in [1.82, 2.24) is 5.32 Å². The predicted octanol–water partition coefficient (Wildman–Crippen LogP) is 21.4. The molecule has 0 saturated heterocycles. The van der Waals surface area contributed by atoms with Crippen molar-refractivity contribution in [2.24, 2.45) is 0 Å². The number of rotatable bonds is 66. The van der Waals surface area contributed by atoms with Gasteiger partial charge in [0.05, 0.1) is 18.8 Å². The maximum absolute atomic E-state index is 12.7. The van der Waals surface area contributed by atoms with Crippen LogP contribution in [0.4, 0.5) is 0 Å². The van der Waals surface area contributed by atoms with Gasteiger partial charge in [-0.3, -0.25) is 4.79 Å². The summed E-state index contributed by atoms with van der Waals surface area (Å²) in [5.74, 6) is -0.573. The highest BCUT2D eigenvalue weighted by Crippen LogP contribution is 2.20. The van der Waals surface area contributed by atoms with Crippen LogP contribution in [0.3, 0.4) is 0 Å². The van der Waals surface area contributed by atoms with Crippen molar-refractivity contribution in [3.05, 3.63) is 0 Å². The van der Waals surface area contributed by atoms with E-state index in [-0.39, 0.29) is 0 Å². The summed E-state index contributed by atoms with van der Waals surface area (Å²) >= 11 is 0. The summed E-state index contributed by atoms with van der Waals surface area (Å²) in [6, 6.07) is -0.982. The molecule has 0 spiro atoms. The number of aliphatic hydroxyl groups excluding tert-OH is 4. The van der Waals surface area contributed by atoms with Gasteiger partial charge in [0.2, 0.25) is 5.91 Å². The highest BCUT2D eigenvalue weighted by molar-refractivity contribution is 5.80. The molecule has 0 radical (unpaired) electrons. The van der Waals surface area contributed by atoms with Gasteiger partial charge in [0.1, 0.15) is 12.2 Å². The summed E-state index contributed by atoms with van der Waals surface area (Å²) in [4.78, 5) is 12.7. The summed E-state index contributed by atoms with van der Waals surface area (Å²) in [7, 11) is 0. The first-order valence-corrected chi connectivity index (χ1v) is 34.9. The third-order valence-electron chi connectivity index (χ3n) is 17.1. The number of unbranched alkanes of at least 4 members (excludes halogenated alkanes) is 57. The third-order valence-corrected chi connectivity index (χ3v) is 17.1. The van der Waals surface area contributed by atoms with Crippen molar-refractivity contribution in [1.29, 1.82) is 0 Å². The van der Waals surface area contributed by atoms with Crippen molar-refractivity contribution in [2.45, 2.75) is 430 Å². The van der Waals surface area contributed by atoms with E-state index in [9.17, 15) is 25.2 Å². The van der Waals surface area contributed by atoms with Crippen LogP contribution in [-0.4, -0.2) is 57.3 Å². The Balaban J connectivity index is 3.50. The molecule has 0 aromatic heterocycles. The molecule has 450 valence electrons. The molecule has 0 bridgehead atoms. The lowest BCUT2D eigenvalue weighted by Gasteiger charge is -2.27. The van der Waals surface area contributed by atoms with Crippen LogP contribution in [0, 0.1) is 0 Å². The van der Waals surface area contributed by atoms with E-state index in [1.54, 1.807) is 0 Å². The Hall–Kier alpha value is -0.690. The van der Waals surface area contributed by atoms with Gasteiger partial charge in [0.15, 0.2) is 0 Å². The van der Waals surface area contributed by atoms with Crippen molar-refractivity contribution in [2.75, 3.05) is 6.61 Å². The van der Waals surface area contributed by atoms with Gasteiger partial charge in [-0.2, -0.15) is 0 Å². The third kappa shape index (κ3) is 57.8. The number of aliphatic hydroxyl groups is 4. The molecule has 4 unspecified atom stereocenters. The average molecular weight is 1060 g/mol. The van der Waals surface area contributed by atoms with Gasteiger partial charge < -0.3 is 25.7 Å². The fourth-order valence-corrected chi connectivity index (χ4v) is 11.6. The molecule has 0 aliphatic carbocycles. The van der Waals surface area contributed by atoms with Gasteiger partial charge in [0, 0.05) is 0 Å². The van der Waals surface area contributed by atoms with E-state index in [1.165, 1.54) is 340 Å². The maximum Gasteiger partial charge on any atom is 0.249 e. The summed E-state index contributed by atoms with van der Waals surface area (Å²) in [6.45, 7) is 4.12. The molecule has 0 heterocycles. The van der Waals surface area contributed by atoms with E-state index in [2.05, 4.69) is 19.2 Å². The normalized spacial score (nSPS) is 13.4. The number of hydrogen-bond donors (Lipinski definition) is 5. The van der Waals surface area contributed by atoms with E-state index >= 15 is 0 Å². The molecule has 6 heteroatoms. The Bertz CT molecular complexity index is 1060. The van der Waals surface area contributed by atoms with Crippen LogP contribution in [0.1, 0.15) is 406 Å². The number of carbonyl (C=O) groups is 1. The minimum Gasteiger partial charge on any atom is -0.394 e. The lowest BCUT2D eigenvalue weighted by molar-refractivity contribution is -0.132. The van der Waals surface area contributed by atoms with Crippen LogP contribution in [-0.2, 0) is 4.79 Å². The predicted molar refractivity (Wildman–Crippen MR) is 330 cm³/mol. The van der Waals surface area contributed by atoms with Gasteiger partial charge in [-0.25, -0.2) is 0 Å². The number of nitrogens with one attached hydrogen (secondary N) is 1. The van der Waals surface area contributed by atoms with E-state index < -0.39 is 36.9 Å². The van der Waals surface area contributed by atoms with E-state index in [1.807, 2.05) is 0 Å². The molecule has 0 aliphatic heterocycles. The smallest absolute Gasteiger partial charge is 0.249 e. The zero-order valence-corrected chi connectivity index (χ0v) is 51.3. The van der Waals surface area contributed by atoms with Gasteiger partial charge in [-0.1, -0.05) is 393 Å². The van der Waals surface area contributed by atoms with Crippen LogP contribution in [0.2, 0.25) is 0 Å². The maximum atomic E-state index is 12.7. The minimum atomic E-state index is -1.26. The molecule has 0 aliphatic rings. The zero-order valence-electron chi connectivity index (χ0n) is 51.3. The van der Waals surface area contributed by atoms with Crippen LogP contribution in [0.5, 0.6) is 0 Å². The molecular formula is C69H139NO5. The fourth-order valence-electron chi connectivity index (χ4n) is 11.6. The second-order valence-corrected chi connectivity index (χ2v) is 24.6. The Morgan fingerprint density at radius 2 is 0.453 bits per heavy atom. The van der Waals surface area contributed by atoms with Gasteiger partial charge in [0.25, 0.3) is 0 Å². The lowest BCUT2D eigenvalue weighted by atomic mass is 9.99. The van der Waals surface area contributed by atoms with Crippen molar-refractivity contribution < 1.29 is 25.2 Å². The molecule has 0 rings (SSSR count). The first-order chi connectivity index (χ1) is 37.0. The Kier molecular flexibility index (Phi) is 63.5. The molecular weight excluding hydrogens is 923 g/mol. The molecule has 6 nitrogen and oxygen atoms in total. The topological polar surface area (TPSA) is 110 Å². The first kappa shape index (κ1) is 74.3. The largest absolute Gasteiger partial charge is 0.394 e. The van der Waals surface area contributed by atoms with E-state index in [0.29, 0.717) is 12.8 Å². The van der Waals surface area contributed by atoms with E-state index in [0.717, 1.165) is 38.5 Å². The highest BCUT2D eigenvalue weighted by Gasteiger charge is 2.28. The molecule has 5 N–H and O–H groups in total. The second kappa shape index (κ2) is 64.1. The van der Waals surface area contributed by atoms with Gasteiger partial charge in [-0.05, 0) is 12.8 Å². The second-order valence-electron chi connectivity index (χ2n) is 24.6. The van der Waals surface area contributed by atoms with E-state index in [4.69, 9.17) is 0 Å². The number of hydrogen-bond acceptors (Lipinski definition) is 5. The Labute approximate surface area is 470 Å². The highest BCUT2D eigenvalue weighted by atomic mass is 16.3. The minimum absolute atomic E-state index is 0.377. The summed E-state index contributed by atoms with van der Waals surface area (Å²) in [5.41, 5.74) is 0. The van der Waals surface area contributed by atoms with Crippen molar-refractivity contribution >= 4 is 5.91 Å². The SMILES string of the molecule is CCCCCCCCCCCCCCCCCCCCCCCCCCCCCCCCCCC(O)C(O)C(CO)NC(=O)C(O)CCCCCCCCCCCCCCCCCCCCCCCCCCCCC. The number of carbonyl (C=O) groups excluding carboxylic acids is 1.